The van der Waals surface area contributed by atoms with Crippen molar-refractivity contribution in [2.75, 3.05) is 0 Å². The molecule has 2 rings (SSSR count). The van der Waals surface area contributed by atoms with Gasteiger partial charge in [-0.2, -0.15) is 0 Å². The predicted octanol–water partition coefficient (Wildman–Crippen LogP) is 4.03. The van der Waals surface area contributed by atoms with Gasteiger partial charge in [0.2, 0.25) is 0 Å². The van der Waals surface area contributed by atoms with Gasteiger partial charge in [0.1, 0.15) is 5.75 Å². The molecule has 1 N–H and O–H groups in total. The standard InChI is InChI=1S/C18H24N2O/c1-13(2)21-18-7-5-16(6-8-18)15(4)20-12-17-9-10-19-11-14(17)3/h5-11,13,15,20H,12H2,1-4H3. The first-order valence-electron chi connectivity index (χ1n) is 7.45. The van der Waals surface area contributed by atoms with Crippen LogP contribution >= 0.6 is 0 Å². The third kappa shape index (κ3) is 4.57. The first-order chi connectivity index (χ1) is 10.1. The van der Waals surface area contributed by atoms with Gasteiger partial charge in [0.25, 0.3) is 0 Å². The first kappa shape index (κ1) is 15.5. The van der Waals surface area contributed by atoms with Crippen molar-refractivity contribution in [3.63, 3.8) is 0 Å². The summed E-state index contributed by atoms with van der Waals surface area (Å²) in [4.78, 5) is 4.12. The highest BCUT2D eigenvalue weighted by Crippen LogP contribution is 2.19. The Morgan fingerprint density at radius 1 is 1.10 bits per heavy atom. The van der Waals surface area contributed by atoms with E-state index in [1.807, 2.05) is 38.4 Å². The number of hydrogen-bond donors (Lipinski definition) is 1. The molecule has 3 nitrogen and oxygen atoms in total. The monoisotopic (exact) mass is 284 g/mol. The van der Waals surface area contributed by atoms with Crippen molar-refractivity contribution in [2.45, 2.75) is 46.4 Å². The Kier molecular flexibility index (Phi) is 5.34. The van der Waals surface area contributed by atoms with Crippen LogP contribution < -0.4 is 10.1 Å². The molecule has 0 radical (unpaired) electrons. The Balaban J connectivity index is 1.94. The summed E-state index contributed by atoms with van der Waals surface area (Å²) in [6, 6.07) is 10.7. The minimum absolute atomic E-state index is 0.209. The molecule has 0 saturated heterocycles. The summed E-state index contributed by atoms with van der Waals surface area (Å²) in [5, 5.41) is 3.55. The van der Waals surface area contributed by atoms with Gasteiger partial charge in [0.05, 0.1) is 6.10 Å². The number of nitrogens with one attached hydrogen (secondary N) is 1. The van der Waals surface area contributed by atoms with Crippen LogP contribution in [0.3, 0.4) is 0 Å². The Morgan fingerprint density at radius 3 is 2.43 bits per heavy atom. The van der Waals surface area contributed by atoms with E-state index in [9.17, 15) is 0 Å². The van der Waals surface area contributed by atoms with Gasteiger partial charge in [-0.1, -0.05) is 12.1 Å². The van der Waals surface area contributed by atoms with Crippen LogP contribution in [0.25, 0.3) is 0 Å². The maximum Gasteiger partial charge on any atom is 0.119 e. The van der Waals surface area contributed by atoms with Crippen molar-refractivity contribution in [1.29, 1.82) is 0 Å². The molecule has 112 valence electrons. The summed E-state index contributed by atoms with van der Waals surface area (Å²) >= 11 is 0. The van der Waals surface area contributed by atoms with Gasteiger partial charge in [-0.15, -0.1) is 0 Å². The third-order valence-corrected chi connectivity index (χ3v) is 3.49. The Morgan fingerprint density at radius 2 is 1.81 bits per heavy atom. The lowest BCUT2D eigenvalue weighted by Gasteiger charge is -2.16. The summed E-state index contributed by atoms with van der Waals surface area (Å²) in [5.41, 5.74) is 3.77. The van der Waals surface area contributed by atoms with E-state index < -0.39 is 0 Å². The average molecular weight is 284 g/mol. The summed E-state index contributed by atoms with van der Waals surface area (Å²) in [6.07, 6.45) is 3.95. The second-order valence-electron chi connectivity index (χ2n) is 5.64. The summed E-state index contributed by atoms with van der Waals surface area (Å²) in [5.74, 6) is 0.922. The molecule has 0 amide bonds. The Hall–Kier alpha value is -1.87. The van der Waals surface area contributed by atoms with Gasteiger partial charge in [-0.25, -0.2) is 0 Å². The van der Waals surface area contributed by atoms with Crippen LogP contribution in [-0.2, 0) is 6.54 Å². The molecule has 1 atom stereocenters. The van der Waals surface area contributed by atoms with E-state index in [1.165, 1.54) is 16.7 Å². The van der Waals surface area contributed by atoms with Gasteiger partial charge in [-0.3, -0.25) is 4.98 Å². The molecule has 0 aliphatic rings. The number of hydrogen-bond acceptors (Lipinski definition) is 3. The van der Waals surface area contributed by atoms with Gasteiger partial charge in [0, 0.05) is 25.0 Å². The third-order valence-electron chi connectivity index (χ3n) is 3.49. The largest absolute Gasteiger partial charge is 0.491 e. The predicted molar refractivity (Wildman–Crippen MR) is 86.4 cm³/mol. The quantitative estimate of drug-likeness (QED) is 0.869. The lowest BCUT2D eigenvalue weighted by Crippen LogP contribution is -2.18. The van der Waals surface area contributed by atoms with E-state index in [-0.39, 0.29) is 6.10 Å². The summed E-state index contributed by atoms with van der Waals surface area (Å²) < 4.78 is 5.67. The zero-order valence-electron chi connectivity index (χ0n) is 13.3. The minimum Gasteiger partial charge on any atom is -0.491 e. The number of aryl methyl sites for hydroxylation is 1. The van der Waals surface area contributed by atoms with Crippen LogP contribution in [0.15, 0.2) is 42.7 Å². The van der Waals surface area contributed by atoms with E-state index >= 15 is 0 Å². The fourth-order valence-electron chi connectivity index (χ4n) is 2.19. The highest BCUT2D eigenvalue weighted by atomic mass is 16.5. The number of nitrogens with zero attached hydrogens (tertiary/aromatic N) is 1. The topological polar surface area (TPSA) is 34.2 Å². The molecule has 0 aliphatic carbocycles. The maximum atomic E-state index is 5.67. The number of aromatic nitrogens is 1. The molecule has 0 aliphatic heterocycles. The van der Waals surface area contributed by atoms with Crippen LogP contribution in [-0.4, -0.2) is 11.1 Å². The highest BCUT2D eigenvalue weighted by Gasteiger charge is 2.06. The van der Waals surface area contributed by atoms with Crippen LogP contribution in [0.5, 0.6) is 5.75 Å². The second-order valence-corrected chi connectivity index (χ2v) is 5.64. The molecule has 0 fully saturated rings. The van der Waals surface area contributed by atoms with Crippen molar-refractivity contribution in [1.82, 2.24) is 10.3 Å². The fourth-order valence-corrected chi connectivity index (χ4v) is 2.19. The summed E-state index contributed by atoms with van der Waals surface area (Å²) in [7, 11) is 0. The molecule has 3 heteroatoms. The number of rotatable bonds is 6. The average Bonchev–Trinajstić information content (AvgIpc) is 2.46. The lowest BCUT2D eigenvalue weighted by atomic mass is 10.1. The van der Waals surface area contributed by atoms with Gasteiger partial charge in [0.15, 0.2) is 0 Å². The van der Waals surface area contributed by atoms with E-state index in [0.717, 1.165) is 12.3 Å². The SMILES string of the molecule is Cc1cnccc1CNC(C)c1ccc(OC(C)C)cc1. The van der Waals surface area contributed by atoms with Gasteiger partial charge >= 0.3 is 0 Å². The van der Waals surface area contributed by atoms with Crippen molar-refractivity contribution < 1.29 is 4.74 Å². The zero-order chi connectivity index (χ0) is 15.2. The molecule has 0 spiro atoms. The van der Waals surface area contributed by atoms with Gasteiger partial charge < -0.3 is 10.1 Å². The first-order valence-corrected chi connectivity index (χ1v) is 7.45. The number of benzene rings is 1. The molecular formula is C18H24N2O. The number of ether oxygens (including phenoxy) is 1. The number of pyridine rings is 1. The summed E-state index contributed by atoms with van der Waals surface area (Å²) in [6.45, 7) is 9.19. The normalized spacial score (nSPS) is 12.4. The van der Waals surface area contributed by atoms with E-state index in [4.69, 9.17) is 4.74 Å². The van der Waals surface area contributed by atoms with E-state index in [0.29, 0.717) is 6.04 Å². The molecule has 2 aromatic rings. The van der Waals surface area contributed by atoms with Gasteiger partial charge in [-0.05, 0) is 62.6 Å². The molecule has 1 heterocycles. The molecular weight excluding hydrogens is 260 g/mol. The Bertz CT molecular complexity index is 564. The molecule has 0 bridgehead atoms. The van der Waals surface area contributed by atoms with Crippen molar-refractivity contribution >= 4 is 0 Å². The fraction of sp³-hybridized carbons (Fsp3) is 0.389. The van der Waals surface area contributed by atoms with Crippen LogP contribution in [0.2, 0.25) is 0 Å². The second kappa shape index (κ2) is 7.23. The van der Waals surface area contributed by atoms with E-state index in [1.54, 1.807) is 0 Å². The Labute approximate surface area is 127 Å². The van der Waals surface area contributed by atoms with Crippen molar-refractivity contribution in [2.24, 2.45) is 0 Å². The molecule has 1 unspecified atom stereocenters. The molecule has 1 aromatic carbocycles. The van der Waals surface area contributed by atoms with Crippen LogP contribution in [0, 0.1) is 6.92 Å². The molecule has 21 heavy (non-hydrogen) atoms. The van der Waals surface area contributed by atoms with Crippen molar-refractivity contribution in [3.8, 4) is 5.75 Å². The zero-order valence-corrected chi connectivity index (χ0v) is 13.3. The minimum atomic E-state index is 0.209. The smallest absolute Gasteiger partial charge is 0.119 e. The highest BCUT2D eigenvalue weighted by molar-refractivity contribution is 5.29. The lowest BCUT2D eigenvalue weighted by molar-refractivity contribution is 0.242. The van der Waals surface area contributed by atoms with Crippen LogP contribution in [0.4, 0.5) is 0 Å². The molecule has 0 saturated carbocycles. The van der Waals surface area contributed by atoms with Crippen molar-refractivity contribution in [3.05, 3.63) is 59.4 Å². The maximum absolute atomic E-state index is 5.67. The molecule has 1 aromatic heterocycles. The van der Waals surface area contributed by atoms with Crippen LogP contribution in [0.1, 0.15) is 43.5 Å². The van der Waals surface area contributed by atoms with E-state index in [2.05, 4.69) is 42.3 Å².